The van der Waals surface area contributed by atoms with Gasteiger partial charge in [-0.25, -0.2) is 14.2 Å². The molecule has 31 heavy (non-hydrogen) atoms. The van der Waals surface area contributed by atoms with Gasteiger partial charge in [0.25, 0.3) is 0 Å². The number of urea groups is 1. The first-order chi connectivity index (χ1) is 15.2. The summed E-state index contributed by atoms with van der Waals surface area (Å²) in [5.41, 5.74) is 1.68. The lowest BCUT2D eigenvalue weighted by atomic mass is 10.2. The zero-order valence-electron chi connectivity index (χ0n) is 17.2. The maximum Gasteiger partial charge on any atom is 0.318 e. The number of thiophene rings is 1. The fraction of sp³-hybridized carbons (Fsp3) is 0.273. The van der Waals surface area contributed by atoms with Crippen LogP contribution < -0.4 is 10.2 Å². The van der Waals surface area contributed by atoms with Gasteiger partial charge in [0.05, 0.1) is 10.4 Å². The first-order valence-electron chi connectivity index (χ1n) is 10.3. The third-order valence-corrected chi connectivity index (χ3v) is 6.40. The van der Waals surface area contributed by atoms with Gasteiger partial charge in [0.1, 0.15) is 0 Å². The van der Waals surface area contributed by atoms with Gasteiger partial charge in [0.2, 0.25) is 5.95 Å². The number of carbonyl (C=O) groups is 1. The summed E-state index contributed by atoms with van der Waals surface area (Å²) < 4.78 is 2.05. The van der Waals surface area contributed by atoms with Gasteiger partial charge in [-0.15, -0.1) is 28.1 Å². The van der Waals surface area contributed by atoms with Crippen molar-refractivity contribution in [3.63, 3.8) is 0 Å². The topological polar surface area (TPSA) is 78.7 Å². The largest absolute Gasteiger partial charge is 0.338 e. The van der Waals surface area contributed by atoms with Crippen molar-refractivity contribution < 1.29 is 4.79 Å². The van der Waals surface area contributed by atoms with Crippen molar-refractivity contribution in [1.82, 2.24) is 29.8 Å². The number of fused-ring (bicyclic) bond motifs is 3. The molecule has 1 fully saturated rings. The Labute approximate surface area is 183 Å². The van der Waals surface area contributed by atoms with Crippen molar-refractivity contribution in [2.24, 2.45) is 0 Å². The molecule has 9 heteroatoms. The smallest absolute Gasteiger partial charge is 0.318 e. The number of hydrogen-bond donors (Lipinski definition) is 1. The molecule has 8 nitrogen and oxygen atoms in total. The average molecular weight is 434 g/mol. The fourth-order valence-electron chi connectivity index (χ4n) is 4.05. The summed E-state index contributed by atoms with van der Waals surface area (Å²) in [6, 6.07) is 12.0. The van der Waals surface area contributed by atoms with Crippen LogP contribution in [0.2, 0.25) is 0 Å². The molecule has 1 N–H and O–H groups in total. The van der Waals surface area contributed by atoms with Gasteiger partial charge in [0.15, 0.2) is 11.5 Å². The summed E-state index contributed by atoms with van der Waals surface area (Å²) in [5, 5.41) is 14.9. The van der Waals surface area contributed by atoms with Crippen molar-refractivity contribution in [3.8, 4) is 10.7 Å². The normalized spacial score (nSPS) is 16.7. The standard InChI is InChI=1S/C22H23N7OS/c1-3-10-23-22(30)28-12-11-27(14-15(28)2)21-24-17-8-5-4-7-16(17)19-25-26-20(29(19)21)18-9-6-13-31-18/h3-9,13,15H,1,10-12,14H2,2H3,(H,23,30). The van der Waals surface area contributed by atoms with E-state index in [1.165, 1.54) is 0 Å². The summed E-state index contributed by atoms with van der Waals surface area (Å²) in [6.45, 7) is 8.14. The lowest BCUT2D eigenvalue weighted by Crippen LogP contribution is -2.57. The molecule has 0 aliphatic carbocycles. The molecule has 1 aliphatic rings. The van der Waals surface area contributed by atoms with Crippen molar-refractivity contribution >= 4 is 39.9 Å². The van der Waals surface area contributed by atoms with E-state index in [1.54, 1.807) is 17.4 Å². The van der Waals surface area contributed by atoms with Crippen LogP contribution in [-0.4, -0.2) is 62.7 Å². The fourth-order valence-corrected chi connectivity index (χ4v) is 4.74. The van der Waals surface area contributed by atoms with Crippen LogP contribution in [-0.2, 0) is 0 Å². The maximum atomic E-state index is 12.5. The van der Waals surface area contributed by atoms with E-state index < -0.39 is 0 Å². The van der Waals surface area contributed by atoms with Crippen LogP contribution in [0.1, 0.15) is 6.92 Å². The summed E-state index contributed by atoms with van der Waals surface area (Å²) in [6.07, 6.45) is 1.69. The quantitative estimate of drug-likeness (QED) is 0.499. The summed E-state index contributed by atoms with van der Waals surface area (Å²) in [5.74, 6) is 1.59. The van der Waals surface area contributed by atoms with E-state index in [4.69, 9.17) is 4.98 Å². The van der Waals surface area contributed by atoms with Gasteiger partial charge in [-0.3, -0.25) is 0 Å². The van der Waals surface area contributed by atoms with Crippen LogP contribution in [0.4, 0.5) is 10.7 Å². The predicted molar refractivity (Wildman–Crippen MR) is 124 cm³/mol. The molecule has 3 aromatic heterocycles. The first-order valence-corrected chi connectivity index (χ1v) is 11.1. The predicted octanol–water partition coefficient (Wildman–Crippen LogP) is 3.41. The summed E-state index contributed by atoms with van der Waals surface area (Å²) >= 11 is 1.63. The minimum Gasteiger partial charge on any atom is -0.338 e. The SMILES string of the molecule is C=CCNC(=O)N1CCN(c2nc3ccccc3c3nnc(-c4cccs4)n23)CC1C. The molecule has 0 spiro atoms. The van der Waals surface area contributed by atoms with Crippen molar-refractivity contribution in [3.05, 3.63) is 54.4 Å². The minimum atomic E-state index is -0.0627. The zero-order chi connectivity index (χ0) is 21.4. The van der Waals surface area contributed by atoms with Crippen LogP contribution in [0.15, 0.2) is 54.4 Å². The van der Waals surface area contributed by atoms with Gasteiger partial charge in [-0.05, 0) is 30.5 Å². The lowest BCUT2D eigenvalue weighted by Gasteiger charge is -2.40. The van der Waals surface area contributed by atoms with Gasteiger partial charge in [-0.2, -0.15) is 0 Å². The Morgan fingerprint density at radius 3 is 2.90 bits per heavy atom. The molecule has 0 bridgehead atoms. The highest BCUT2D eigenvalue weighted by Crippen LogP contribution is 2.31. The Morgan fingerprint density at radius 1 is 1.26 bits per heavy atom. The molecule has 1 atom stereocenters. The highest BCUT2D eigenvalue weighted by atomic mass is 32.1. The number of aromatic nitrogens is 4. The van der Waals surface area contributed by atoms with Crippen LogP contribution in [0.3, 0.4) is 0 Å². The molecule has 1 unspecified atom stereocenters. The number of piperazine rings is 1. The molecular formula is C22H23N7OS. The van der Waals surface area contributed by atoms with Gasteiger partial charge >= 0.3 is 6.03 Å². The molecule has 0 saturated carbocycles. The number of para-hydroxylation sites is 1. The molecule has 1 aromatic carbocycles. The summed E-state index contributed by atoms with van der Waals surface area (Å²) in [4.78, 5) is 22.6. The number of amides is 2. The number of nitrogens with zero attached hydrogens (tertiary/aromatic N) is 6. The summed E-state index contributed by atoms with van der Waals surface area (Å²) in [7, 11) is 0. The van der Waals surface area contributed by atoms with Crippen molar-refractivity contribution in [2.75, 3.05) is 31.1 Å². The molecule has 158 valence electrons. The number of carbonyl (C=O) groups excluding carboxylic acids is 1. The van der Waals surface area contributed by atoms with Crippen molar-refractivity contribution in [2.45, 2.75) is 13.0 Å². The lowest BCUT2D eigenvalue weighted by molar-refractivity contribution is 0.172. The molecule has 4 heterocycles. The van der Waals surface area contributed by atoms with E-state index in [9.17, 15) is 4.79 Å². The van der Waals surface area contributed by atoms with Crippen LogP contribution >= 0.6 is 11.3 Å². The first kappa shape index (κ1) is 19.5. The molecule has 5 rings (SSSR count). The van der Waals surface area contributed by atoms with Crippen LogP contribution in [0.5, 0.6) is 0 Å². The van der Waals surface area contributed by atoms with E-state index in [0.717, 1.165) is 33.2 Å². The van der Waals surface area contributed by atoms with E-state index in [-0.39, 0.29) is 12.1 Å². The Balaban J connectivity index is 1.57. The second kappa shape index (κ2) is 7.99. The third kappa shape index (κ3) is 3.40. The Morgan fingerprint density at radius 2 is 2.13 bits per heavy atom. The molecule has 1 saturated heterocycles. The maximum absolute atomic E-state index is 12.5. The molecule has 0 radical (unpaired) electrons. The van der Waals surface area contributed by atoms with E-state index >= 15 is 0 Å². The number of anilines is 1. The number of nitrogens with one attached hydrogen (secondary N) is 1. The van der Waals surface area contributed by atoms with E-state index in [0.29, 0.717) is 26.2 Å². The molecule has 1 aliphatic heterocycles. The second-order valence-electron chi connectivity index (χ2n) is 7.55. The van der Waals surface area contributed by atoms with Crippen LogP contribution in [0, 0.1) is 0 Å². The number of hydrogen-bond acceptors (Lipinski definition) is 6. The zero-order valence-corrected chi connectivity index (χ0v) is 18.0. The average Bonchev–Trinajstić information content (AvgIpc) is 3.47. The Hall–Kier alpha value is -3.46. The second-order valence-corrected chi connectivity index (χ2v) is 8.50. The molecular weight excluding hydrogens is 410 g/mol. The molecule has 2 amide bonds. The van der Waals surface area contributed by atoms with Gasteiger partial charge < -0.3 is 15.1 Å². The minimum absolute atomic E-state index is 0.0311. The number of rotatable bonds is 4. The monoisotopic (exact) mass is 433 g/mol. The van der Waals surface area contributed by atoms with Gasteiger partial charge in [0, 0.05) is 37.6 Å². The van der Waals surface area contributed by atoms with Gasteiger partial charge in [-0.1, -0.05) is 24.3 Å². The molecule has 4 aromatic rings. The number of benzene rings is 1. The van der Waals surface area contributed by atoms with Crippen LogP contribution in [0.25, 0.3) is 27.3 Å². The van der Waals surface area contributed by atoms with E-state index in [1.807, 2.05) is 51.1 Å². The third-order valence-electron chi connectivity index (χ3n) is 5.54. The Bertz CT molecular complexity index is 1250. The Kier molecular flexibility index (Phi) is 5.03. The highest BCUT2D eigenvalue weighted by molar-refractivity contribution is 7.13. The van der Waals surface area contributed by atoms with E-state index in [2.05, 4.69) is 33.9 Å². The highest BCUT2D eigenvalue weighted by Gasteiger charge is 2.30. The van der Waals surface area contributed by atoms with Crippen molar-refractivity contribution in [1.29, 1.82) is 0 Å².